The van der Waals surface area contributed by atoms with Crippen LogP contribution in [0.5, 0.6) is 0 Å². The quantitative estimate of drug-likeness (QED) is 0.727. The second-order valence-corrected chi connectivity index (χ2v) is 6.71. The van der Waals surface area contributed by atoms with Crippen molar-refractivity contribution in [2.75, 3.05) is 5.32 Å². The van der Waals surface area contributed by atoms with E-state index in [4.69, 9.17) is 5.11 Å². The normalized spacial score (nSPS) is 25.8. The number of anilines is 1. The molecule has 3 atom stereocenters. The maximum absolute atomic E-state index is 12.1. The Labute approximate surface area is 136 Å². The SMILES string of the molecule is CC1S[C@@H]2C(NC(=O)Nc3ccccc3)C(=O)N2C=C1C(=O)O. The van der Waals surface area contributed by atoms with Crippen molar-refractivity contribution in [3.8, 4) is 0 Å². The first-order valence-corrected chi connectivity index (χ1v) is 7.97. The van der Waals surface area contributed by atoms with Gasteiger partial charge in [-0.05, 0) is 19.1 Å². The Balaban J connectivity index is 1.64. The molecule has 2 heterocycles. The van der Waals surface area contributed by atoms with Gasteiger partial charge in [-0.15, -0.1) is 11.8 Å². The number of aliphatic carboxylic acids is 1. The number of hydrogen-bond donors (Lipinski definition) is 3. The highest BCUT2D eigenvalue weighted by molar-refractivity contribution is 8.00. The number of rotatable bonds is 3. The van der Waals surface area contributed by atoms with Gasteiger partial charge in [0.1, 0.15) is 11.4 Å². The minimum atomic E-state index is -1.03. The zero-order chi connectivity index (χ0) is 16.6. The number of nitrogens with zero attached hydrogens (tertiary/aromatic N) is 1. The van der Waals surface area contributed by atoms with Gasteiger partial charge in [0.2, 0.25) is 0 Å². The van der Waals surface area contributed by atoms with Crippen molar-refractivity contribution in [2.24, 2.45) is 0 Å². The lowest BCUT2D eigenvalue weighted by Crippen LogP contribution is -2.69. The molecule has 1 aromatic rings. The first-order chi connectivity index (χ1) is 11.0. The first kappa shape index (κ1) is 15.4. The molecule has 120 valence electrons. The molecule has 0 aliphatic carbocycles. The number of benzene rings is 1. The van der Waals surface area contributed by atoms with Crippen molar-refractivity contribution < 1.29 is 19.5 Å². The molecule has 3 N–H and O–H groups in total. The predicted octanol–water partition coefficient (Wildman–Crippen LogP) is 1.45. The van der Waals surface area contributed by atoms with E-state index in [0.717, 1.165) is 0 Å². The average Bonchev–Trinajstić information content (AvgIpc) is 2.53. The van der Waals surface area contributed by atoms with Crippen LogP contribution in [0.2, 0.25) is 0 Å². The standard InChI is InChI=1S/C15H15N3O4S/c1-8-10(14(20)21)7-18-12(19)11(13(18)23-8)17-15(22)16-9-5-3-2-4-6-9/h2-8,11,13H,1H3,(H,20,21)(H2,16,17,22)/t8?,11?,13-/m1/s1. The van der Waals surface area contributed by atoms with Crippen molar-refractivity contribution in [3.63, 3.8) is 0 Å². The summed E-state index contributed by atoms with van der Waals surface area (Å²) in [6.45, 7) is 1.77. The van der Waals surface area contributed by atoms with E-state index in [1.807, 2.05) is 6.07 Å². The van der Waals surface area contributed by atoms with Crippen LogP contribution in [-0.4, -0.2) is 44.6 Å². The van der Waals surface area contributed by atoms with E-state index in [-0.39, 0.29) is 22.1 Å². The molecule has 7 nitrogen and oxygen atoms in total. The third-order valence-corrected chi connectivity index (χ3v) is 5.15. The number of carboxylic acid groups (broad SMARTS) is 1. The second-order valence-electron chi connectivity index (χ2n) is 5.25. The summed E-state index contributed by atoms with van der Waals surface area (Å²) in [5, 5.41) is 13.9. The van der Waals surface area contributed by atoms with Gasteiger partial charge in [-0.1, -0.05) is 18.2 Å². The highest BCUT2D eigenvalue weighted by Crippen LogP contribution is 2.40. The Bertz CT molecular complexity index is 691. The van der Waals surface area contributed by atoms with Crippen molar-refractivity contribution in [1.82, 2.24) is 10.2 Å². The van der Waals surface area contributed by atoms with Crippen LogP contribution in [0.25, 0.3) is 0 Å². The van der Waals surface area contributed by atoms with Crippen LogP contribution in [-0.2, 0) is 9.59 Å². The second kappa shape index (κ2) is 5.96. The van der Waals surface area contributed by atoms with Gasteiger partial charge >= 0.3 is 12.0 Å². The van der Waals surface area contributed by atoms with Gasteiger partial charge in [-0.3, -0.25) is 4.79 Å². The lowest BCUT2D eigenvalue weighted by atomic mass is 10.1. The first-order valence-electron chi connectivity index (χ1n) is 7.02. The lowest BCUT2D eigenvalue weighted by Gasteiger charge is -2.48. The Morgan fingerprint density at radius 2 is 1.96 bits per heavy atom. The molecule has 1 fully saturated rings. The van der Waals surface area contributed by atoms with Crippen molar-refractivity contribution >= 4 is 35.4 Å². The number of amides is 3. The van der Waals surface area contributed by atoms with Gasteiger partial charge in [0, 0.05) is 17.1 Å². The average molecular weight is 333 g/mol. The molecule has 23 heavy (non-hydrogen) atoms. The van der Waals surface area contributed by atoms with E-state index < -0.39 is 18.0 Å². The van der Waals surface area contributed by atoms with E-state index in [2.05, 4.69) is 10.6 Å². The number of carbonyl (C=O) groups is 3. The van der Waals surface area contributed by atoms with Gasteiger partial charge in [0.25, 0.3) is 5.91 Å². The van der Waals surface area contributed by atoms with Crippen LogP contribution in [0.15, 0.2) is 42.1 Å². The number of carbonyl (C=O) groups excluding carboxylic acids is 2. The highest BCUT2D eigenvalue weighted by atomic mass is 32.2. The summed E-state index contributed by atoms with van der Waals surface area (Å²) >= 11 is 1.35. The van der Waals surface area contributed by atoms with E-state index in [1.165, 1.54) is 22.9 Å². The summed E-state index contributed by atoms with van der Waals surface area (Å²) in [4.78, 5) is 36.5. The smallest absolute Gasteiger partial charge is 0.334 e. The van der Waals surface area contributed by atoms with Crippen LogP contribution in [0.1, 0.15) is 6.92 Å². The number of thioether (sulfide) groups is 1. The molecule has 0 bridgehead atoms. The molecule has 1 saturated heterocycles. The summed E-state index contributed by atoms with van der Waals surface area (Å²) in [5.74, 6) is -1.34. The fraction of sp³-hybridized carbons (Fsp3) is 0.267. The number of para-hydroxylation sites is 1. The maximum atomic E-state index is 12.1. The Hall–Kier alpha value is -2.48. The van der Waals surface area contributed by atoms with E-state index in [9.17, 15) is 14.4 Å². The van der Waals surface area contributed by atoms with E-state index in [1.54, 1.807) is 31.2 Å². The predicted molar refractivity (Wildman–Crippen MR) is 85.8 cm³/mol. The summed E-state index contributed by atoms with van der Waals surface area (Å²) in [5.41, 5.74) is 0.818. The van der Waals surface area contributed by atoms with Gasteiger partial charge in [0.15, 0.2) is 0 Å². The van der Waals surface area contributed by atoms with Gasteiger partial charge in [-0.25, -0.2) is 9.59 Å². The fourth-order valence-electron chi connectivity index (χ4n) is 2.50. The summed E-state index contributed by atoms with van der Waals surface area (Å²) < 4.78 is 0. The van der Waals surface area contributed by atoms with Gasteiger partial charge in [0.05, 0.1) is 5.57 Å². The molecule has 0 aromatic heterocycles. The zero-order valence-corrected chi connectivity index (χ0v) is 13.0. The molecule has 0 radical (unpaired) electrons. The van der Waals surface area contributed by atoms with Crippen LogP contribution in [0, 0.1) is 0 Å². The molecule has 0 spiro atoms. The molecule has 2 aliphatic rings. The highest BCUT2D eigenvalue weighted by Gasteiger charge is 2.51. The number of urea groups is 1. The fourth-order valence-corrected chi connectivity index (χ4v) is 3.86. The van der Waals surface area contributed by atoms with Gasteiger partial charge in [-0.2, -0.15) is 0 Å². The van der Waals surface area contributed by atoms with E-state index in [0.29, 0.717) is 5.69 Å². The minimum absolute atomic E-state index is 0.187. The van der Waals surface area contributed by atoms with Crippen LogP contribution < -0.4 is 10.6 Å². The Morgan fingerprint density at radius 3 is 2.61 bits per heavy atom. The topological polar surface area (TPSA) is 98.7 Å². The molecule has 3 amide bonds. The molecule has 0 saturated carbocycles. The molecule has 1 aromatic carbocycles. The molecule has 8 heteroatoms. The largest absolute Gasteiger partial charge is 0.478 e. The number of carboxylic acids is 1. The zero-order valence-electron chi connectivity index (χ0n) is 12.2. The molecule has 2 unspecified atom stereocenters. The van der Waals surface area contributed by atoms with E-state index >= 15 is 0 Å². The molecular formula is C15H15N3O4S. The summed E-state index contributed by atoms with van der Waals surface area (Å²) in [7, 11) is 0. The van der Waals surface area contributed by atoms with Gasteiger partial charge < -0.3 is 20.6 Å². The van der Waals surface area contributed by atoms with Crippen LogP contribution in [0.3, 0.4) is 0 Å². The van der Waals surface area contributed by atoms with Crippen molar-refractivity contribution in [1.29, 1.82) is 0 Å². The molecule has 3 rings (SSSR count). The number of nitrogens with one attached hydrogen (secondary N) is 2. The van der Waals surface area contributed by atoms with Crippen molar-refractivity contribution in [2.45, 2.75) is 23.6 Å². The lowest BCUT2D eigenvalue weighted by molar-refractivity contribution is -0.141. The van der Waals surface area contributed by atoms with Crippen LogP contribution in [0.4, 0.5) is 10.5 Å². The van der Waals surface area contributed by atoms with Crippen molar-refractivity contribution in [3.05, 3.63) is 42.1 Å². The summed E-state index contributed by atoms with van der Waals surface area (Å²) in [6.07, 6.45) is 1.36. The number of β-lactam (4-membered cyclic amide) rings is 1. The summed E-state index contributed by atoms with van der Waals surface area (Å²) in [6, 6.07) is 7.80. The monoisotopic (exact) mass is 333 g/mol. The maximum Gasteiger partial charge on any atom is 0.334 e. The minimum Gasteiger partial charge on any atom is -0.478 e. The third-order valence-electron chi connectivity index (χ3n) is 3.70. The molecular weight excluding hydrogens is 318 g/mol. The number of hydrogen-bond acceptors (Lipinski definition) is 4. The number of fused-ring (bicyclic) bond motifs is 1. The Kier molecular flexibility index (Phi) is 3.99. The Morgan fingerprint density at radius 1 is 1.26 bits per heavy atom. The third kappa shape index (κ3) is 2.89. The van der Waals surface area contributed by atoms with Crippen LogP contribution >= 0.6 is 11.8 Å². The molecule has 2 aliphatic heterocycles.